The van der Waals surface area contributed by atoms with Crippen LogP contribution < -0.4 is 16.4 Å². The van der Waals surface area contributed by atoms with Crippen molar-refractivity contribution in [3.8, 4) is 0 Å². The Morgan fingerprint density at radius 2 is 2.05 bits per heavy atom. The molecule has 0 aromatic heterocycles. The van der Waals surface area contributed by atoms with E-state index in [4.69, 9.17) is 5.73 Å². The van der Waals surface area contributed by atoms with E-state index >= 15 is 0 Å². The van der Waals surface area contributed by atoms with Gasteiger partial charge < -0.3 is 21.5 Å². The largest absolute Gasteiger partial charge is 0.402 e. The normalized spacial score (nSPS) is 19.2. The monoisotopic (exact) mass is 278 g/mol. The molecule has 1 aliphatic rings. The van der Waals surface area contributed by atoms with E-state index in [1.165, 1.54) is 0 Å². The van der Waals surface area contributed by atoms with Gasteiger partial charge in [0.25, 0.3) is 0 Å². The van der Waals surface area contributed by atoms with Gasteiger partial charge in [-0.05, 0) is 57.9 Å². The van der Waals surface area contributed by atoms with E-state index in [1.807, 2.05) is 19.9 Å². The highest BCUT2D eigenvalue weighted by Crippen LogP contribution is 2.23. The molecule has 112 valence electrons. The second-order valence-electron chi connectivity index (χ2n) is 5.03. The Labute approximate surface area is 121 Å². The van der Waals surface area contributed by atoms with Gasteiger partial charge in [-0.1, -0.05) is 6.58 Å². The summed E-state index contributed by atoms with van der Waals surface area (Å²) in [4.78, 5) is 3.85. The molecule has 0 aliphatic heterocycles. The van der Waals surface area contributed by atoms with E-state index in [1.54, 1.807) is 0 Å². The Balaban J connectivity index is 2.59. The van der Waals surface area contributed by atoms with E-state index in [-0.39, 0.29) is 6.04 Å². The summed E-state index contributed by atoms with van der Waals surface area (Å²) in [6.07, 6.45) is 4.92. The lowest BCUT2D eigenvalue weighted by Gasteiger charge is -2.26. The van der Waals surface area contributed by atoms with Gasteiger partial charge in [0.15, 0.2) is 0 Å². The van der Waals surface area contributed by atoms with Crippen molar-refractivity contribution in [2.45, 2.75) is 51.8 Å². The van der Waals surface area contributed by atoms with Crippen molar-refractivity contribution in [2.75, 3.05) is 0 Å². The lowest BCUT2D eigenvalue weighted by molar-refractivity contribution is 0.174. The number of nitrogens with one attached hydrogen (secondary N) is 2. The number of aliphatic imine (C=N–C) groups is 1. The van der Waals surface area contributed by atoms with Crippen LogP contribution in [0.2, 0.25) is 0 Å². The minimum Gasteiger partial charge on any atom is -0.402 e. The summed E-state index contributed by atoms with van der Waals surface area (Å²) in [5, 5.41) is 16.4. The summed E-state index contributed by atoms with van der Waals surface area (Å²) in [7, 11) is 0. The number of aliphatic hydroxyl groups is 1. The molecule has 0 saturated carbocycles. The summed E-state index contributed by atoms with van der Waals surface area (Å²) in [5.74, 6) is 0.686. The topological polar surface area (TPSA) is 82.7 Å². The van der Waals surface area contributed by atoms with Crippen LogP contribution in [0.4, 0.5) is 0 Å². The SMILES string of the molecule is C=N/C(=C/C)NC(C)C(=C)NC(O)C1=C(N)CCCC1. The van der Waals surface area contributed by atoms with E-state index in [0.717, 1.165) is 37.0 Å². The molecular formula is C15H26N4O. The van der Waals surface area contributed by atoms with Gasteiger partial charge in [-0.2, -0.15) is 0 Å². The summed E-state index contributed by atoms with van der Waals surface area (Å²) >= 11 is 0. The number of hydrogen-bond donors (Lipinski definition) is 4. The molecular weight excluding hydrogens is 252 g/mol. The fraction of sp³-hybridized carbons (Fsp3) is 0.533. The molecule has 0 amide bonds. The third kappa shape index (κ3) is 4.42. The van der Waals surface area contributed by atoms with Gasteiger partial charge in [0, 0.05) is 11.4 Å². The Hall–Kier alpha value is -1.75. The second-order valence-corrected chi connectivity index (χ2v) is 5.03. The number of hydrogen-bond acceptors (Lipinski definition) is 5. The Morgan fingerprint density at radius 1 is 1.40 bits per heavy atom. The second kappa shape index (κ2) is 7.75. The smallest absolute Gasteiger partial charge is 0.148 e. The first kappa shape index (κ1) is 16.3. The predicted molar refractivity (Wildman–Crippen MR) is 83.9 cm³/mol. The molecule has 20 heavy (non-hydrogen) atoms. The van der Waals surface area contributed by atoms with Crippen LogP contribution in [0.3, 0.4) is 0 Å². The van der Waals surface area contributed by atoms with Gasteiger partial charge in [-0.3, -0.25) is 0 Å². The van der Waals surface area contributed by atoms with Crippen molar-refractivity contribution in [1.29, 1.82) is 0 Å². The molecule has 0 aromatic rings. The van der Waals surface area contributed by atoms with Crippen LogP contribution in [0.1, 0.15) is 39.5 Å². The first-order chi connectivity index (χ1) is 9.49. The van der Waals surface area contributed by atoms with Crippen molar-refractivity contribution in [1.82, 2.24) is 10.6 Å². The molecule has 0 saturated heterocycles. The van der Waals surface area contributed by atoms with Crippen LogP contribution in [0, 0.1) is 0 Å². The number of aliphatic hydroxyl groups excluding tert-OH is 1. The fourth-order valence-electron chi connectivity index (χ4n) is 2.18. The first-order valence-corrected chi connectivity index (χ1v) is 7.00. The third-order valence-electron chi connectivity index (χ3n) is 3.54. The lowest BCUT2D eigenvalue weighted by Crippen LogP contribution is -2.39. The third-order valence-corrected chi connectivity index (χ3v) is 3.54. The van der Waals surface area contributed by atoms with Gasteiger partial charge in [0.05, 0.1) is 6.04 Å². The van der Waals surface area contributed by atoms with Crippen LogP contribution >= 0.6 is 0 Å². The van der Waals surface area contributed by atoms with Gasteiger partial charge in [-0.15, -0.1) is 0 Å². The molecule has 0 bridgehead atoms. The minimum absolute atomic E-state index is 0.0771. The summed E-state index contributed by atoms with van der Waals surface area (Å²) in [5.41, 5.74) is 8.33. The van der Waals surface area contributed by atoms with Crippen molar-refractivity contribution in [3.63, 3.8) is 0 Å². The molecule has 5 nitrogen and oxygen atoms in total. The van der Waals surface area contributed by atoms with Crippen LogP contribution in [-0.2, 0) is 0 Å². The zero-order valence-electron chi connectivity index (χ0n) is 12.4. The maximum absolute atomic E-state index is 10.2. The average Bonchev–Trinajstić information content (AvgIpc) is 2.44. The number of allylic oxidation sites excluding steroid dienone is 2. The van der Waals surface area contributed by atoms with Gasteiger partial charge >= 0.3 is 0 Å². The molecule has 0 fully saturated rings. The van der Waals surface area contributed by atoms with Crippen molar-refractivity contribution in [3.05, 3.63) is 35.4 Å². The zero-order valence-corrected chi connectivity index (χ0v) is 12.4. The van der Waals surface area contributed by atoms with Crippen LogP contribution in [-0.4, -0.2) is 24.1 Å². The van der Waals surface area contributed by atoms with Crippen molar-refractivity contribution in [2.24, 2.45) is 10.7 Å². The minimum atomic E-state index is -0.766. The average molecular weight is 278 g/mol. The number of rotatable bonds is 7. The predicted octanol–water partition coefficient (Wildman–Crippen LogP) is 1.73. The molecule has 1 rings (SSSR count). The summed E-state index contributed by atoms with van der Waals surface area (Å²) in [6, 6.07) is -0.0771. The molecule has 0 spiro atoms. The number of nitrogens with two attached hydrogens (primary N) is 1. The number of nitrogens with zero attached hydrogens (tertiary/aromatic N) is 1. The van der Waals surface area contributed by atoms with E-state index < -0.39 is 6.23 Å². The highest BCUT2D eigenvalue weighted by molar-refractivity contribution is 5.29. The Bertz CT molecular complexity index is 426. The molecule has 0 radical (unpaired) electrons. The van der Waals surface area contributed by atoms with Gasteiger partial charge in [-0.25, -0.2) is 4.99 Å². The standard InChI is InChI=1S/C15H26N4O/c1-5-14(17-4)18-10(2)11(3)19-15(20)12-8-6-7-9-13(12)16/h5,10,15,18-20H,3-4,6-9,16H2,1-2H3/b14-5-. The van der Waals surface area contributed by atoms with Crippen molar-refractivity contribution >= 4 is 6.72 Å². The fourth-order valence-corrected chi connectivity index (χ4v) is 2.18. The summed E-state index contributed by atoms with van der Waals surface area (Å²) in [6.45, 7) is 11.3. The van der Waals surface area contributed by atoms with Crippen LogP contribution in [0.25, 0.3) is 0 Å². The highest BCUT2D eigenvalue weighted by Gasteiger charge is 2.19. The van der Waals surface area contributed by atoms with Crippen LogP contribution in [0.5, 0.6) is 0 Å². The zero-order chi connectivity index (χ0) is 15.1. The van der Waals surface area contributed by atoms with E-state index in [9.17, 15) is 5.11 Å². The molecule has 0 aromatic carbocycles. The lowest BCUT2D eigenvalue weighted by atomic mass is 9.95. The van der Waals surface area contributed by atoms with Crippen LogP contribution in [0.15, 0.2) is 40.4 Å². The maximum atomic E-state index is 10.2. The molecule has 2 unspecified atom stereocenters. The molecule has 5 heteroatoms. The Morgan fingerprint density at radius 3 is 2.60 bits per heavy atom. The molecule has 5 N–H and O–H groups in total. The van der Waals surface area contributed by atoms with E-state index in [0.29, 0.717) is 11.5 Å². The quantitative estimate of drug-likeness (QED) is 0.422. The maximum Gasteiger partial charge on any atom is 0.148 e. The van der Waals surface area contributed by atoms with Crippen molar-refractivity contribution < 1.29 is 5.11 Å². The summed E-state index contributed by atoms with van der Waals surface area (Å²) < 4.78 is 0. The van der Waals surface area contributed by atoms with Gasteiger partial charge in [0.2, 0.25) is 0 Å². The molecule has 2 atom stereocenters. The van der Waals surface area contributed by atoms with Gasteiger partial charge in [0.1, 0.15) is 12.0 Å². The highest BCUT2D eigenvalue weighted by atomic mass is 16.3. The first-order valence-electron chi connectivity index (χ1n) is 7.00. The molecule has 1 aliphatic carbocycles. The van der Waals surface area contributed by atoms with E-state index in [2.05, 4.69) is 28.9 Å². The molecule has 0 heterocycles. The Kier molecular flexibility index (Phi) is 6.31.